The number of nitrogens with zero attached hydrogens (tertiary/aromatic N) is 1. The summed E-state index contributed by atoms with van der Waals surface area (Å²) in [4.78, 5) is 2.50. The lowest BCUT2D eigenvalue weighted by Gasteiger charge is -2.28. The Morgan fingerprint density at radius 1 is 0.333 bits per heavy atom. The highest BCUT2D eigenvalue weighted by Gasteiger charge is 2.22. The predicted molar refractivity (Wildman–Crippen MR) is 225 cm³/mol. The van der Waals surface area contributed by atoms with E-state index >= 15 is 0 Å². The van der Waals surface area contributed by atoms with Crippen molar-refractivity contribution >= 4 is 112 Å². The molecule has 1 nitrogen and oxygen atoms in total. The van der Waals surface area contributed by atoms with Crippen LogP contribution in [0.5, 0.6) is 0 Å². The molecule has 238 valence electrons. The third kappa shape index (κ3) is 4.45. The van der Waals surface area contributed by atoms with E-state index in [2.05, 4.69) is 181 Å². The van der Waals surface area contributed by atoms with Gasteiger partial charge < -0.3 is 4.90 Å². The fourth-order valence-electron chi connectivity index (χ4n) is 8.08. The van der Waals surface area contributed by atoms with Crippen LogP contribution in [0.4, 0.5) is 17.1 Å². The molecule has 0 saturated heterocycles. The average Bonchev–Trinajstić information content (AvgIpc) is 3.77. The maximum atomic E-state index is 2.50. The topological polar surface area (TPSA) is 3.24 Å². The molecule has 51 heavy (non-hydrogen) atoms. The first-order valence-corrected chi connectivity index (χ1v) is 19.0. The van der Waals surface area contributed by atoms with Gasteiger partial charge in [0.1, 0.15) is 0 Å². The molecule has 0 radical (unpaired) electrons. The Morgan fingerprint density at radius 2 is 0.902 bits per heavy atom. The first-order chi connectivity index (χ1) is 25.3. The average molecular weight is 684 g/mol. The highest BCUT2D eigenvalue weighted by molar-refractivity contribution is 7.26. The fraction of sp³-hybridized carbons (Fsp3) is 0. The zero-order valence-corrected chi connectivity index (χ0v) is 29.1. The molecule has 0 aliphatic carbocycles. The van der Waals surface area contributed by atoms with E-state index in [4.69, 9.17) is 0 Å². The summed E-state index contributed by atoms with van der Waals surface area (Å²) in [5, 5.41) is 12.7. The van der Waals surface area contributed by atoms with Crippen molar-refractivity contribution in [1.29, 1.82) is 0 Å². The Bertz CT molecular complexity index is 3160. The van der Waals surface area contributed by atoms with Crippen molar-refractivity contribution in [2.24, 2.45) is 0 Å². The van der Waals surface area contributed by atoms with Gasteiger partial charge in [0.25, 0.3) is 0 Å². The molecule has 0 saturated carbocycles. The zero-order valence-electron chi connectivity index (χ0n) is 27.5. The van der Waals surface area contributed by atoms with E-state index in [1.807, 2.05) is 22.7 Å². The Balaban J connectivity index is 1.24. The maximum Gasteiger partial charge on any atom is 0.0555 e. The van der Waals surface area contributed by atoms with E-state index in [1.165, 1.54) is 89.5 Å². The quantitative estimate of drug-likeness (QED) is 0.167. The van der Waals surface area contributed by atoms with Gasteiger partial charge in [-0.3, -0.25) is 0 Å². The molecule has 0 bridgehead atoms. The summed E-state index contributed by atoms with van der Waals surface area (Å²) in [5.41, 5.74) is 6.03. The number of benzene rings is 9. The normalized spacial score (nSPS) is 11.9. The molecule has 0 fully saturated rings. The van der Waals surface area contributed by atoms with E-state index in [9.17, 15) is 0 Å². The predicted octanol–water partition coefficient (Wildman–Crippen LogP) is 15.0. The summed E-state index contributed by atoms with van der Waals surface area (Å²) < 4.78 is 5.23. The van der Waals surface area contributed by atoms with E-state index in [0.29, 0.717) is 0 Å². The smallest absolute Gasteiger partial charge is 0.0555 e. The van der Waals surface area contributed by atoms with Gasteiger partial charge in [-0.25, -0.2) is 0 Å². The second-order valence-electron chi connectivity index (χ2n) is 13.3. The van der Waals surface area contributed by atoms with Crippen LogP contribution < -0.4 is 4.90 Å². The summed E-state index contributed by atoms with van der Waals surface area (Å²) in [5.74, 6) is 0. The lowest BCUT2D eigenvalue weighted by Crippen LogP contribution is -2.10. The minimum absolute atomic E-state index is 1.15. The van der Waals surface area contributed by atoms with Crippen LogP contribution in [0.3, 0.4) is 0 Å². The van der Waals surface area contributed by atoms with E-state index in [-0.39, 0.29) is 0 Å². The van der Waals surface area contributed by atoms with Crippen LogP contribution in [0, 0.1) is 0 Å². The molecule has 9 aromatic carbocycles. The van der Waals surface area contributed by atoms with Crippen LogP contribution in [0.25, 0.3) is 83.8 Å². The molecular formula is C48H29NS2. The Hall–Kier alpha value is -6.00. The standard InChI is InChI=1S/C48H29NS2/c1-3-13-35-30(10-1)12-9-17-37(35)39-25-26-43(47-40-16-6-8-19-45(40)51-48(39)47)49(34-24-27-46-42(29-34)38-15-5-7-18-44(38)50-46)33-23-22-32-21-20-31-11-2-4-14-36(31)41(32)28-33/h1-29H. The summed E-state index contributed by atoms with van der Waals surface area (Å²) in [6.45, 7) is 0. The summed E-state index contributed by atoms with van der Waals surface area (Å²) in [7, 11) is 0. The number of hydrogen-bond donors (Lipinski definition) is 0. The van der Waals surface area contributed by atoms with Crippen LogP contribution in [0.15, 0.2) is 176 Å². The first-order valence-electron chi connectivity index (χ1n) is 17.3. The molecule has 0 aliphatic heterocycles. The van der Waals surface area contributed by atoms with Gasteiger partial charge in [-0.15, -0.1) is 22.7 Å². The molecule has 0 amide bonds. The number of anilines is 3. The van der Waals surface area contributed by atoms with Gasteiger partial charge in [-0.1, -0.05) is 127 Å². The minimum Gasteiger partial charge on any atom is -0.310 e. The summed E-state index contributed by atoms with van der Waals surface area (Å²) >= 11 is 3.77. The highest BCUT2D eigenvalue weighted by Crippen LogP contribution is 2.50. The molecule has 2 aromatic heterocycles. The monoisotopic (exact) mass is 683 g/mol. The Kier molecular flexibility index (Phi) is 6.36. The van der Waals surface area contributed by atoms with E-state index < -0.39 is 0 Å². The summed E-state index contributed by atoms with van der Waals surface area (Å²) in [6, 6.07) is 65.1. The molecule has 3 heteroatoms. The fourth-order valence-corrected chi connectivity index (χ4v) is 10.4. The van der Waals surface area contributed by atoms with Gasteiger partial charge in [0, 0.05) is 57.3 Å². The lowest BCUT2D eigenvalue weighted by atomic mass is 9.95. The molecule has 0 atom stereocenters. The van der Waals surface area contributed by atoms with Crippen LogP contribution in [-0.2, 0) is 0 Å². The lowest BCUT2D eigenvalue weighted by molar-refractivity contribution is 1.31. The van der Waals surface area contributed by atoms with Crippen molar-refractivity contribution < 1.29 is 0 Å². The zero-order chi connectivity index (χ0) is 33.5. The number of rotatable bonds is 4. The number of hydrogen-bond acceptors (Lipinski definition) is 3. The molecule has 11 rings (SSSR count). The van der Waals surface area contributed by atoms with Crippen LogP contribution >= 0.6 is 22.7 Å². The number of fused-ring (bicyclic) bond motifs is 10. The second-order valence-corrected chi connectivity index (χ2v) is 15.4. The Morgan fingerprint density at radius 3 is 1.73 bits per heavy atom. The van der Waals surface area contributed by atoms with Crippen molar-refractivity contribution in [2.75, 3.05) is 4.90 Å². The molecular weight excluding hydrogens is 655 g/mol. The van der Waals surface area contributed by atoms with E-state index in [1.54, 1.807) is 0 Å². The van der Waals surface area contributed by atoms with E-state index in [0.717, 1.165) is 11.4 Å². The second kappa shape index (κ2) is 11.3. The van der Waals surface area contributed by atoms with Gasteiger partial charge in [-0.2, -0.15) is 0 Å². The molecule has 0 N–H and O–H groups in total. The third-order valence-corrected chi connectivity index (χ3v) is 12.8. The van der Waals surface area contributed by atoms with Crippen molar-refractivity contribution in [1.82, 2.24) is 0 Å². The van der Waals surface area contributed by atoms with Crippen LogP contribution in [-0.4, -0.2) is 0 Å². The van der Waals surface area contributed by atoms with Crippen molar-refractivity contribution in [2.45, 2.75) is 0 Å². The van der Waals surface area contributed by atoms with Gasteiger partial charge in [-0.05, 0) is 86.4 Å². The molecule has 2 heterocycles. The van der Waals surface area contributed by atoms with Gasteiger partial charge in [0.2, 0.25) is 0 Å². The maximum absolute atomic E-state index is 2.50. The Labute approximate surface area is 302 Å². The molecule has 0 unspecified atom stereocenters. The van der Waals surface area contributed by atoms with Gasteiger partial charge in [0.05, 0.1) is 5.69 Å². The number of thiophene rings is 2. The van der Waals surface area contributed by atoms with Crippen LogP contribution in [0.1, 0.15) is 0 Å². The van der Waals surface area contributed by atoms with Crippen molar-refractivity contribution in [3.8, 4) is 11.1 Å². The minimum atomic E-state index is 1.15. The van der Waals surface area contributed by atoms with Gasteiger partial charge in [0.15, 0.2) is 0 Å². The molecule has 0 aliphatic rings. The third-order valence-electron chi connectivity index (χ3n) is 10.4. The van der Waals surface area contributed by atoms with Crippen molar-refractivity contribution in [3.63, 3.8) is 0 Å². The van der Waals surface area contributed by atoms with Crippen molar-refractivity contribution in [3.05, 3.63) is 176 Å². The molecule has 0 spiro atoms. The SMILES string of the molecule is c1ccc2c(-c3ccc(N(c4ccc5ccc6ccccc6c5c4)c4ccc5sc6ccccc6c5c4)c4c3sc3ccccc34)cccc2c1. The largest absolute Gasteiger partial charge is 0.310 e. The van der Waals surface area contributed by atoms with Gasteiger partial charge >= 0.3 is 0 Å². The molecule has 11 aromatic rings. The van der Waals surface area contributed by atoms with Crippen LogP contribution in [0.2, 0.25) is 0 Å². The summed E-state index contributed by atoms with van der Waals surface area (Å²) in [6.07, 6.45) is 0. The first kappa shape index (κ1) is 28.8. The highest BCUT2D eigenvalue weighted by atomic mass is 32.1.